The van der Waals surface area contributed by atoms with Gasteiger partial charge in [0.2, 0.25) is 0 Å². The monoisotopic (exact) mass is 249 g/mol. The summed E-state index contributed by atoms with van der Waals surface area (Å²) in [5.74, 6) is 0.454. The molecule has 0 spiro atoms. The number of likely N-dealkylation sites (N-methyl/N-ethyl adjacent to an activating group) is 1. The van der Waals surface area contributed by atoms with Crippen LogP contribution >= 0.6 is 0 Å². The molecule has 0 radical (unpaired) electrons. The van der Waals surface area contributed by atoms with Gasteiger partial charge in [-0.25, -0.2) is 0 Å². The second-order valence-corrected chi connectivity index (χ2v) is 5.27. The molecule has 3 N–H and O–H groups in total. The van der Waals surface area contributed by atoms with Gasteiger partial charge < -0.3 is 15.5 Å². The van der Waals surface area contributed by atoms with Crippen LogP contribution in [0.1, 0.15) is 34.9 Å². The van der Waals surface area contributed by atoms with Crippen LogP contribution in [0.4, 0.5) is 5.69 Å². The number of hydrogen-bond acceptors (Lipinski definition) is 4. The Bertz CT molecular complexity index is 457. The number of hydrogen-bond donors (Lipinski definition) is 2. The molecule has 0 unspecified atom stereocenters. The molecule has 2 heterocycles. The fourth-order valence-electron chi connectivity index (χ4n) is 2.37. The lowest BCUT2D eigenvalue weighted by molar-refractivity contribution is 0.0659. The lowest BCUT2D eigenvalue weighted by Gasteiger charge is -2.32. The number of nitrogens with zero attached hydrogens (tertiary/aromatic N) is 3. The molecule has 3 rings (SSSR count). The van der Waals surface area contributed by atoms with Crippen molar-refractivity contribution in [1.29, 1.82) is 0 Å². The quantitative estimate of drug-likeness (QED) is 0.788. The SMILES string of the molecule is CN1CCN(C(=O)c2n[nH]c(C3CC3)c2N)CC1. The van der Waals surface area contributed by atoms with E-state index in [1.807, 2.05) is 4.90 Å². The van der Waals surface area contributed by atoms with Crippen molar-refractivity contribution >= 4 is 11.6 Å². The van der Waals surface area contributed by atoms with Gasteiger partial charge in [0.1, 0.15) is 0 Å². The first kappa shape index (κ1) is 11.5. The van der Waals surface area contributed by atoms with Crippen molar-refractivity contribution in [1.82, 2.24) is 20.0 Å². The molecule has 0 aromatic carbocycles. The van der Waals surface area contributed by atoms with Crippen LogP contribution in [-0.2, 0) is 0 Å². The molecule has 1 saturated carbocycles. The van der Waals surface area contributed by atoms with Crippen molar-refractivity contribution in [3.05, 3.63) is 11.4 Å². The third-order valence-electron chi connectivity index (χ3n) is 3.81. The van der Waals surface area contributed by atoms with Crippen LogP contribution in [0.15, 0.2) is 0 Å². The van der Waals surface area contributed by atoms with Gasteiger partial charge in [0.25, 0.3) is 5.91 Å². The van der Waals surface area contributed by atoms with Gasteiger partial charge in [-0.15, -0.1) is 0 Å². The lowest BCUT2D eigenvalue weighted by atomic mass is 10.2. The van der Waals surface area contributed by atoms with E-state index >= 15 is 0 Å². The Morgan fingerprint density at radius 2 is 2.00 bits per heavy atom. The van der Waals surface area contributed by atoms with E-state index in [1.165, 1.54) is 0 Å². The van der Waals surface area contributed by atoms with Gasteiger partial charge in [0, 0.05) is 32.1 Å². The first-order valence-corrected chi connectivity index (χ1v) is 6.48. The minimum atomic E-state index is -0.0382. The molecule has 98 valence electrons. The number of aromatic nitrogens is 2. The Balaban J connectivity index is 1.75. The molecule has 2 aliphatic rings. The maximum atomic E-state index is 12.3. The summed E-state index contributed by atoms with van der Waals surface area (Å²) in [5.41, 5.74) is 7.94. The normalized spacial score (nSPS) is 21.3. The number of rotatable bonds is 2. The summed E-state index contributed by atoms with van der Waals surface area (Å²) in [5, 5.41) is 7.05. The zero-order valence-electron chi connectivity index (χ0n) is 10.6. The maximum absolute atomic E-state index is 12.3. The molecule has 0 bridgehead atoms. The first-order chi connectivity index (χ1) is 8.66. The molecule has 6 nitrogen and oxygen atoms in total. The number of nitrogens with one attached hydrogen (secondary N) is 1. The Morgan fingerprint density at radius 1 is 1.33 bits per heavy atom. The first-order valence-electron chi connectivity index (χ1n) is 6.48. The van der Waals surface area contributed by atoms with Crippen LogP contribution in [0, 0.1) is 0 Å². The van der Waals surface area contributed by atoms with E-state index in [1.54, 1.807) is 0 Å². The Morgan fingerprint density at radius 3 is 2.61 bits per heavy atom. The highest BCUT2D eigenvalue weighted by molar-refractivity contribution is 5.97. The highest BCUT2D eigenvalue weighted by Crippen LogP contribution is 2.42. The van der Waals surface area contributed by atoms with Gasteiger partial charge in [-0.1, -0.05) is 0 Å². The fourth-order valence-corrected chi connectivity index (χ4v) is 2.37. The Kier molecular flexibility index (Phi) is 2.74. The predicted molar refractivity (Wildman–Crippen MR) is 68.4 cm³/mol. The van der Waals surface area contributed by atoms with Crippen LogP contribution < -0.4 is 5.73 Å². The number of piperazine rings is 1. The summed E-state index contributed by atoms with van der Waals surface area (Å²) in [6, 6.07) is 0. The van der Waals surface area contributed by atoms with Gasteiger partial charge >= 0.3 is 0 Å². The standard InChI is InChI=1S/C12H19N5O/c1-16-4-6-17(7-5-16)12(18)11-9(13)10(14-15-11)8-2-3-8/h8H,2-7,13H2,1H3,(H,14,15). The topological polar surface area (TPSA) is 78.2 Å². The van der Waals surface area contributed by atoms with E-state index in [0.29, 0.717) is 17.3 Å². The number of H-pyrrole nitrogens is 1. The molecular formula is C12H19N5O. The highest BCUT2D eigenvalue weighted by atomic mass is 16.2. The van der Waals surface area contributed by atoms with Gasteiger partial charge in [-0.2, -0.15) is 5.10 Å². The lowest BCUT2D eigenvalue weighted by Crippen LogP contribution is -2.47. The second-order valence-electron chi connectivity index (χ2n) is 5.27. The van der Waals surface area contributed by atoms with Crippen molar-refractivity contribution in [2.24, 2.45) is 0 Å². The number of nitrogen functional groups attached to an aromatic ring is 1. The summed E-state index contributed by atoms with van der Waals surface area (Å²) in [4.78, 5) is 16.4. The summed E-state index contributed by atoms with van der Waals surface area (Å²) in [7, 11) is 2.07. The van der Waals surface area contributed by atoms with E-state index in [-0.39, 0.29) is 5.91 Å². The van der Waals surface area contributed by atoms with Crippen molar-refractivity contribution in [3.8, 4) is 0 Å². The molecule has 1 amide bonds. The van der Waals surface area contributed by atoms with E-state index in [4.69, 9.17) is 5.73 Å². The van der Waals surface area contributed by atoms with Crippen LogP contribution in [0.5, 0.6) is 0 Å². The van der Waals surface area contributed by atoms with E-state index in [9.17, 15) is 4.79 Å². The summed E-state index contributed by atoms with van der Waals surface area (Å²) in [6.07, 6.45) is 2.29. The summed E-state index contributed by atoms with van der Waals surface area (Å²) < 4.78 is 0. The van der Waals surface area contributed by atoms with E-state index < -0.39 is 0 Å². The van der Waals surface area contributed by atoms with E-state index in [0.717, 1.165) is 44.7 Å². The van der Waals surface area contributed by atoms with Gasteiger partial charge in [-0.3, -0.25) is 9.89 Å². The Hall–Kier alpha value is -1.56. The van der Waals surface area contributed by atoms with Crippen molar-refractivity contribution in [2.75, 3.05) is 39.0 Å². The molecule has 0 atom stereocenters. The van der Waals surface area contributed by atoms with Gasteiger partial charge in [0.05, 0.1) is 11.4 Å². The molecule has 6 heteroatoms. The smallest absolute Gasteiger partial charge is 0.276 e. The zero-order chi connectivity index (χ0) is 12.7. The number of anilines is 1. The summed E-state index contributed by atoms with van der Waals surface area (Å²) in [6.45, 7) is 3.32. The molecule has 1 aliphatic carbocycles. The average Bonchev–Trinajstić information content (AvgIpc) is 3.13. The van der Waals surface area contributed by atoms with Gasteiger partial charge in [-0.05, 0) is 19.9 Å². The fraction of sp³-hybridized carbons (Fsp3) is 0.667. The molecule has 2 fully saturated rings. The van der Waals surface area contributed by atoms with Crippen LogP contribution in [0.2, 0.25) is 0 Å². The third kappa shape index (κ3) is 1.96. The molecule has 1 saturated heterocycles. The van der Waals surface area contributed by atoms with Crippen LogP contribution in [0.3, 0.4) is 0 Å². The molecule has 1 aliphatic heterocycles. The second kappa shape index (κ2) is 4.28. The highest BCUT2D eigenvalue weighted by Gasteiger charge is 2.32. The third-order valence-corrected chi connectivity index (χ3v) is 3.81. The minimum Gasteiger partial charge on any atom is -0.395 e. The van der Waals surface area contributed by atoms with Crippen LogP contribution in [0.25, 0.3) is 0 Å². The average molecular weight is 249 g/mol. The zero-order valence-corrected chi connectivity index (χ0v) is 10.6. The van der Waals surface area contributed by atoms with E-state index in [2.05, 4.69) is 22.1 Å². The van der Waals surface area contributed by atoms with Crippen molar-refractivity contribution < 1.29 is 4.79 Å². The number of aromatic amines is 1. The molecule has 18 heavy (non-hydrogen) atoms. The van der Waals surface area contributed by atoms with Gasteiger partial charge in [0.15, 0.2) is 5.69 Å². The minimum absolute atomic E-state index is 0.0382. The largest absolute Gasteiger partial charge is 0.395 e. The number of carbonyl (C=O) groups is 1. The maximum Gasteiger partial charge on any atom is 0.276 e. The summed E-state index contributed by atoms with van der Waals surface area (Å²) >= 11 is 0. The predicted octanol–water partition coefficient (Wildman–Crippen LogP) is 0.257. The molecule has 1 aromatic heterocycles. The van der Waals surface area contributed by atoms with Crippen molar-refractivity contribution in [2.45, 2.75) is 18.8 Å². The number of nitrogens with two attached hydrogens (primary N) is 1. The number of amides is 1. The molecule has 1 aromatic rings. The number of carbonyl (C=O) groups excluding carboxylic acids is 1. The van der Waals surface area contributed by atoms with Crippen LogP contribution in [-0.4, -0.2) is 59.1 Å². The molecular weight excluding hydrogens is 230 g/mol. The Labute approximate surface area is 106 Å². The van der Waals surface area contributed by atoms with Crippen molar-refractivity contribution in [3.63, 3.8) is 0 Å².